The zero-order valence-corrected chi connectivity index (χ0v) is 14.7. The number of rotatable bonds is 4. The number of hydrogen-bond acceptors (Lipinski definition) is 3. The fourth-order valence-corrected chi connectivity index (χ4v) is 3.75. The Hall–Kier alpha value is -2.31. The van der Waals surface area contributed by atoms with Gasteiger partial charge in [-0.15, -0.1) is 0 Å². The molecule has 4 nitrogen and oxygen atoms in total. The van der Waals surface area contributed by atoms with Crippen LogP contribution in [0.25, 0.3) is 17.2 Å². The van der Waals surface area contributed by atoms with Crippen LogP contribution in [-0.4, -0.2) is 20.5 Å². The molecule has 0 aliphatic heterocycles. The summed E-state index contributed by atoms with van der Waals surface area (Å²) in [5.74, 6) is -0.726. The van der Waals surface area contributed by atoms with Crippen molar-refractivity contribution < 1.29 is 17.6 Å². The first-order chi connectivity index (χ1) is 11.7. The summed E-state index contributed by atoms with van der Waals surface area (Å²) in [6, 6.07) is 10.0. The second-order valence-electron chi connectivity index (χ2n) is 6.19. The molecule has 2 aromatic carbocycles. The van der Waals surface area contributed by atoms with Crippen LogP contribution in [0.5, 0.6) is 0 Å². The van der Waals surface area contributed by atoms with Crippen LogP contribution in [0.4, 0.5) is 4.39 Å². The largest absolute Gasteiger partial charge is 0.294 e. The van der Waals surface area contributed by atoms with Crippen molar-refractivity contribution in [1.82, 2.24) is 4.72 Å². The molecule has 3 rings (SSSR count). The summed E-state index contributed by atoms with van der Waals surface area (Å²) in [6.07, 6.45) is 4.83. The lowest BCUT2D eigenvalue weighted by Crippen LogP contribution is -2.25. The molecule has 0 aromatic heterocycles. The molecule has 1 aliphatic carbocycles. The van der Waals surface area contributed by atoms with Crippen LogP contribution in [0.1, 0.15) is 40.9 Å². The molecule has 25 heavy (non-hydrogen) atoms. The van der Waals surface area contributed by atoms with E-state index in [0.29, 0.717) is 11.1 Å². The van der Waals surface area contributed by atoms with Crippen molar-refractivity contribution in [2.75, 3.05) is 6.26 Å². The summed E-state index contributed by atoms with van der Waals surface area (Å²) < 4.78 is 39.5. The van der Waals surface area contributed by atoms with Crippen molar-refractivity contribution in [3.8, 4) is 11.1 Å². The summed E-state index contributed by atoms with van der Waals surface area (Å²) >= 11 is 0. The maximum Gasteiger partial charge on any atom is 0.209 e. The molecular formula is C19H18FNO3S. The number of allylic oxidation sites excluding steroid dienone is 1. The lowest BCUT2D eigenvalue weighted by molar-refractivity contribution is 0.0990. The Labute approximate surface area is 146 Å². The molecule has 0 saturated carbocycles. The maximum atomic E-state index is 14.3. The zero-order chi connectivity index (χ0) is 18.2. The van der Waals surface area contributed by atoms with E-state index in [1.807, 2.05) is 12.1 Å². The third-order valence-corrected chi connectivity index (χ3v) is 4.92. The van der Waals surface area contributed by atoms with Crippen molar-refractivity contribution in [1.29, 1.82) is 0 Å². The molecule has 1 aliphatic rings. The molecule has 1 atom stereocenters. The standard InChI is InChI=1S/C19H18FNO3S/c1-12(21-25(2,23)24)13-6-8-14(9-7-13)16-10-15-4-3-5-18(22)19(15)17(20)11-16/h3-4,6-12,21H,5H2,1-2H3/t12-/m0/s1. The van der Waals surface area contributed by atoms with Crippen LogP contribution in [0.2, 0.25) is 0 Å². The van der Waals surface area contributed by atoms with E-state index in [4.69, 9.17) is 0 Å². The van der Waals surface area contributed by atoms with Gasteiger partial charge in [-0.2, -0.15) is 0 Å². The van der Waals surface area contributed by atoms with Crippen molar-refractivity contribution in [3.05, 3.63) is 65.0 Å². The normalized spacial score (nSPS) is 15.1. The van der Waals surface area contributed by atoms with Gasteiger partial charge in [0.1, 0.15) is 5.82 Å². The highest BCUT2D eigenvalue weighted by Gasteiger charge is 2.19. The highest BCUT2D eigenvalue weighted by atomic mass is 32.2. The Bertz CT molecular complexity index is 963. The second-order valence-corrected chi connectivity index (χ2v) is 7.97. The van der Waals surface area contributed by atoms with Gasteiger partial charge in [-0.25, -0.2) is 17.5 Å². The quantitative estimate of drug-likeness (QED) is 0.905. The van der Waals surface area contributed by atoms with Gasteiger partial charge in [0.05, 0.1) is 11.8 Å². The summed E-state index contributed by atoms with van der Waals surface area (Å²) in [6.45, 7) is 1.75. The van der Waals surface area contributed by atoms with Gasteiger partial charge >= 0.3 is 0 Å². The minimum absolute atomic E-state index is 0.147. The molecule has 0 bridgehead atoms. The number of halogens is 1. The van der Waals surface area contributed by atoms with Gasteiger partial charge in [-0.05, 0) is 41.3 Å². The molecule has 130 valence electrons. The van der Waals surface area contributed by atoms with Gasteiger partial charge in [-0.3, -0.25) is 4.79 Å². The van der Waals surface area contributed by atoms with Gasteiger partial charge in [-0.1, -0.05) is 36.4 Å². The van der Waals surface area contributed by atoms with Crippen LogP contribution < -0.4 is 4.72 Å². The van der Waals surface area contributed by atoms with E-state index in [1.54, 1.807) is 37.3 Å². The summed E-state index contributed by atoms with van der Waals surface area (Å²) in [4.78, 5) is 11.8. The molecule has 6 heteroatoms. The van der Waals surface area contributed by atoms with E-state index < -0.39 is 15.8 Å². The highest BCUT2D eigenvalue weighted by Crippen LogP contribution is 2.29. The molecule has 0 unspecified atom stereocenters. The molecule has 0 radical (unpaired) electrons. The van der Waals surface area contributed by atoms with Crippen molar-refractivity contribution in [3.63, 3.8) is 0 Å². The molecule has 0 saturated heterocycles. The predicted octanol–water partition coefficient (Wildman–Crippen LogP) is 3.70. The molecular weight excluding hydrogens is 341 g/mol. The Morgan fingerprint density at radius 3 is 2.44 bits per heavy atom. The molecule has 0 spiro atoms. The fraction of sp³-hybridized carbons (Fsp3) is 0.211. The van der Waals surface area contributed by atoms with Gasteiger partial charge < -0.3 is 0 Å². The van der Waals surface area contributed by atoms with Gasteiger partial charge in [0, 0.05) is 12.5 Å². The van der Waals surface area contributed by atoms with Crippen LogP contribution in [0.3, 0.4) is 0 Å². The number of ketones is 1. The zero-order valence-electron chi connectivity index (χ0n) is 13.9. The third kappa shape index (κ3) is 3.86. The average molecular weight is 359 g/mol. The number of nitrogens with one attached hydrogen (secondary N) is 1. The first-order valence-electron chi connectivity index (χ1n) is 7.85. The lowest BCUT2D eigenvalue weighted by atomic mass is 9.91. The number of benzene rings is 2. The van der Waals surface area contributed by atoms with Crippen LogP contribution in [-0.2, 0) is 10.0 Å². The van der Waals surface area contributed by atoms with E-state index >= 15 is 0 Å². The highest BCUT2D eigenvalue weighted by molar-refractivity contribution is 7.88. The Morgan fingerprint density at radius 2 is 1.80 bits per heavy atom. The number of sulfonamides is 1. The number of fused-ring (bicyclic) bond motifs is 1. The van der Waals surface area contributed by atoms with E-state index in [2.05, 4.69) is 4.72 Å². The SMILES string of the molecule is C[C@H](NS(C)(=O)=O)c1ccc(-c2cc(F)c3c(c2)C=CCC3=O)cc1. The van der Waals surface area contributed by atoms with Crippen LogP contribution in [0, 0.1) is 5.82 Å². The van der Waals surface area contributed by atoms with E-state index in [0.717, 1.165) is 17.4 Å². The average Bonchev–Trinajstić information content (AvgIpc) is 2.53. The molecule has 2 aromatic rings. The van der Waals surface area contributed by atoms with E-state index in [9.17, 15) is 17.6 Å². The molecule has 0 fully saturated rings. The van der Waals surface area contributed by atoms with E-state index in [-0.39, 0.29) is 23.8 Å². The van der Waals surface area contributed by atoms with Gasteiger partial charge in [0.15, 0.2) is 5.78 Å². The summed E-state index contributed by atoms with van der Waals surface area (Å²) in [5, 5.41) is 0. The lowest BCUT2D eigenvalue weighted by Gasteiger charge is -2.15. The monoisotopic (exact) mass is 359 g/mol. The molecule has 0 heterocycles. The Balaban J connectivity index is 1.92. The summed E-state index contributed by atoms with van der Waals surface area (Å²) in [5.41, 5.74) is 3.01. The fourth-order valence-electron chi connectivity index (χ4n) is 2.97. The predicted molar refractivity (Wildman–Crippen MR) is 96.2 cm³/mol. The van der Waals surface area contributed by atoms with E-state index in [1.165, 1.54) is 6.07 Å². The van der Waals surface area contributed by atoms with Gasteiger partial charge in [0.25, 0.3) is 0 Å². The number of carbonyl (C=O) groups excluding carboxylic acids is 1. The Morgan fingerprint density at radius 1 is 1.12 bits per heavy atom. The van der Waals surface area contributed by atoms with Crippen molar-refractivity contribution in [2.45, 2.75) is 19.4 Å². The molecule has 0 amide bonds. The minimum Gasteiger partial charge on any atom is -0.294 e. The smallest absolute Gasteiger partial charge is 0.209 e. The molecule has 1 N–H and O–H groups in total. The maximum absolute atomic E-state index is 14.3. The number of Topliss-reactive ketones (excluding diaryl/α,β-unsaturated/α-hetero) is 1. The Kier molecular flexibility index (Phi) is 4.58. The number of carbonyl (C=O) groups is 1. The number of hydrogen-bond donors (Lipinski definition) is 1. The van der Waals surface area contributed by atoms with Crippen LogP contribution >= 0.6 is 0 Å². The van der Waals surface area contributed by atoms with Crippen molar-refractivity contribution >= 4 is 21.9 Å². The first kappa shape index (κ1) is 17.5. The summed E-state index contributed by atoms with van der Waals surface area (Å²) in [7, 11) is -3.29. The van der Waals surface area contributed by atoms with Gasteiger partial charge in [0.2, 0.25) is 10.0 Å². The van der Waals surface area contributed by atoms with Crippen molar-refractivity contribution in [2.24, 2.45) is 0 Å². The minimum atomic E-state index is -3.29. The third-order valence-electron chi connectivity index (χ3n) is 4.14. The first-order valence-corrected chi connectivity index (χ1v) is 9.74. The topological polar surface area (TPSA) is 63.2 Å². The second kappa shape index (κ2) is 6.54. The van der Waals surface area contributed by atoms with Crippen LogP contribution in [0.15, 0.2) is 42.5 Å².